The predicted molar refractivity (Wildman–Crippen MR) is 117 cm³/mol. The smallest absolute Gasteiger partial charge is 0.408 e. The van der Waals surface area contributed by atoms with Crippen LogP contribution < -0.4 is 21.3 Å². The molecule has 180 valence electrons. The third-order valence-electron chi connectivity index (χ3n) is 7.05. The van der Waals surface area contributed by atoms with Crippen LogP contribution in [0.1, 0.15) is 32.1 Å². The highest BCUT2D eigenvalue weighted by Crippen LogP contribution is 2.44. The lowest BCUT2D eigenvalue weighted by Crippen LogP contribution is -2.42. The topological polar surface area (TPSA) is 135 Å². The van der Waals surface area contributed by atoms with E-state index in [9.17, 15) is 19.2 Å². The van der Waals surface area contributed by atoms with Crippen LogP contribution >= 0.6 is 0 Å². The van der Waals surface area contributed by atoms with E-state index in [1.54, 1.807) is 0 Å². The number of hydrogen-bond acceptors (Lipinski definition) is 6. The van der Waals surface area contributed by atoms with Gasteiger partial charge in [0.15, 0.2) is 0 Å². The second-order valence-electron chi connectivity index (χ2n) is 9.36. The zero-order chi connectivity index (χ0) is 23.2. The van der Waals surface area contributed by atoms with Crippen molar-refractivity contribution in [3.63, 3.8) is 0 Å². The molecule has 4 rings (SSSR count). The first kappa shape index (κ1) is 23.1. The summed E-state index contributed by atoms with van der Waals surface area (Å²) in [6, 6.07) is 0. The average molecular weight is 461 g/mol. The number of fused-ring (bicyclic) bond motifs is 4. The van der Waals surface area contributed by atoms with Crippen LogP contribution in [0.25, 0.3) is 0 Å². The molecular formula is C23H32N4O6. The van der Waals surface area contributed by atoms with Gasteiger partial charge in [-0.1, -0.05) is 24.3 Å². The molecular weight excluding hydrogens is 428 g/mol. The molecule has 0 spiro atoms. The van der Waals surface area contributed by atoms with Crippen molar-refractivity contribution in [3.05, 3.63) is 24.3 Å². The molecule has 10 heteroatoms. The van der Waals surface area contributed by atoms with Crippen molar-refractivity contribution in [1.29, 1.82) is 0 Å². The van der Waals surface area contributed by atoms with Gasteiger partial charge in [0, 0.05) is 11.8 Å². The molecule has 2 fully saturated rings. The molecule has 0 aromatic carbocycles. The quantitative estimate of drug-likeness (QED) is 0.221. The number of allylic oxidation sites excluding steroid dienone is 4. The van der Waals surface area contributed by atoms with Crippen LogP contribution in [0.5, 0.6) is 0 Å². The number of ether oxygens (including phenoxy) is 2. The number of amides is 4. The van der Waals surface area contributed by atoms with Crippen molar-refractivity contribution in [2.24, 2.45) is 35.5 Å². The third kappa shape index (κ3) is 6.49. The lowest BCUT2D eigenvalue weighted by atomic mass is 9.95. The molecule has 4 bridgehead atoms. The summed E-state index contributed by atoms with van der Waals surface area (Å²) in [5, 5.41) is 9.72. The van der Waals surface area contributed by atoms with Gasteiger partial charge >= 0.3 is 12.2 Å². The fourth-order valence-electron chi connectivity index (χ4n) is 5.34. The van der Waals surface area contributed by atoms with Gasteiger partial charge in [0.25, 0.3) is 0 Å². The molecule has 4 aliphatic carbocycles. The van der Waals surface area contributed by atoms with Crippen LogP contribution in [0.15, 0.2) is 24.3 Å². The molecule has 0 radical (unpaired) electrons. The van der Waals surface area contributed by atoms with Crippen molar-refractivity contribution >= 4 is 24.0 Å². The van der Waals surface area contributed by atoms with Crippen LogP contribution in [0.4, 0.5) is 9.59 Å². The molecule has 0 heterocycles. The molecule has 6 atom stereocenters. The van der Waals surface area contributed by atoms with Crippen LogP contribution in [0.2, 0.25) is 0 Å². The molecule has 33 heavy (non-hydrogen) atoms. The normalized spacial score (nSPS) is 30.2. The van der Waals surface area contributed by atoms with Crippen molar-refractivity contribution in [3.8, 4) is 0 Å². The summed E-state index contributed by atoms with van der Waals surface area (Å²) < 4.78 is 10.4. The Bertz CT molecular complexity index is 762. The largest absolute Gasteiger partial charge is 0.449 e. The summed E-state index contributed by atoms with van der Waals surface area (Å²) in [6.07, 6.45) is 11.6. The standard InChI is InChI=1S/C23H32N4O6/c28-20(24-12-26-22(30)32-10-18-7-14-1-3-16(18)5-14)9-21(29)25-13-27-23(31)33-11-19-8-15-2-4-17(19)6-15/h1-4,14-19H,5-13H2,(H,24,28)(H,25,29)(H,26,30)(H,27,31). The molecule has 0 aromatic heterocycles. The Labute approximate surface area is 192 Å². The maximum absolute atomic E-state index is 11.8. The van der Waals surface area contributed by atoms with Crippen LogP contribution in [0, 0.1) is 35.5 Å². The Morgan fingerprint density at radius 1 is 0.636 bits per heavy atom. The highest BCUT2D eigenvalue weighted by Gasteiger charge is 2.37. The van der Waals surface area contributed by atoms with Gasteiger partial charge in [-0.2, -0.15) is 0 Å². The summed E-state index contributed by atoms with van der Waals surface area (Å²) in [6.45, 7) is 0.457. The van der Waals surface area contributed by atoms with Crippen molar-refractivity contribution in [2.45, 2.75) is 32.1 Å². The van der Waals surface area contributed by atoms with Crippen LogP contribution in [-0.4, -0.2) is 50.6 Å². The summed E-state index contributed by atoms with van der Waals surface area (Å²) in [5.74, 6) is 1.84. The fraction of sp³-hybridized carbons (Fsp3) is 0.652. The van der Waals surface area contributed by atoms with E-state index in [2.05, 4.69) is 45.6 Å². The van der Waals surface area contributed by atoms with E-state index in [0.717, 1.165) is 25.7 Å². The van der Waals surface area contributed by atoms with Crippen LogP contribution in [0.3, 0.4) is 0 Å². The Hall–Kier alpha value is -3.04. The van der Waals surface area contributed by atoms with Crippen molar-refractivity contribution < 1.29 is 28.7 Å². The highest BCUT2D eigenvalue weighted by atomic mass is 16.6. The molecule has 4 amide bonds. The van der Waals surface area contributed by atoms with E-state index in [1.807, 2.05) is 0 Å². The summed E-state index contributed by atoms with van der Waals surface area (Å²) in [4.78, 5) is 47.1. The van der Waals surface area contributed by atoms with Crippen molar-refractivity contribution in [1.82, 2.24) is 21.3 Å². The zero-order valence-electron chi connectivity index (χ0n) is 18.6. The highest BCUT2D eigenvalue weighted by molar-refractivity contribution is 5.96. The summed E-state index contributed by atoms with van der Waals surface area (Å²) in [5.41, 5.74) is 0. The number of carbonyl (C=O) groups excluding carboxylic acids is 4. The van der Waals surface area contributed by atoms with Crippen molar-refractivity contribution in [2.75, 3.05) is 26.6 Å². The van der Waals surface area contributed by atoms with Gasteiger partial charge in [0.1, 0.15) is 6.42 Å². The Morgan fingerprint density at radius 2 is 1.09 bits per heavy atom. The van der Waals surface area contributed by atoms with E-state index >= 15 is 0 Å². The average Bonchev–Trinajstić information content (AvgIpc) is 3.58. The van der Waals surface area contributed by atoms with E-state index in [-0.39, 0.29) is 13.3 Å². The summed E-state index contributed by atoms with van der Waals surface area (Å²) >= 11 is 0. The van der Waals surface area contributed by atoms with Gasteiger partial charge in [-0.05, 0) is 49.4 Å². The number of hydrogen-bond donors (Lipinski definition) is 4. The van der Waals surface area contributed by atoms with E-state index in [1.165, 1.54) is 0 Å². The van der Waals surface area contributed by atoms with E-state index < -0.39 is 30.4 Å². The maximum Gasteiger partial charge on any atom is 0.408 e. The molecule has 2 saturated carbocycles. The number of rotatable bonds is 10. The lowest BCUT2D eigenvalue weighted by molar-refractivity contribution is -0.129. The van der Waals surface area contributed by atoms with Gasteiger partial charge in [-0.25, -0.2) is 9.59 Å². The zero-order valence-corrected chi connectivity index (χ0v) is 18.6. The first-order valence-electron chi connectivity index (χ1n) is 11.7. The Morgan fingerprint density at radius 3 is 1.45 bits per heavy atom. The van der Waals surface area contributed by atoms with Gasteiger partial charge in [-0.15, -0.1) is 0 Å². The predicted octanol–water partition coefficient (Wildman–Crippen LogP) is 1.40. The number of carbonyl (C=O) groups is 4. The second kappa shape index (κ2) is 10.7. The molecule has 10 nitrogen and oxygen atoms in total. The molecule has 4 N–H and O–H groups in total. The minimum Gasteiger partial charge on any atom is -0.449 e. The minimum absolute atomic E-state index is 0.135. The molecule has 0 saturated heterocycles. The van der Waals surface area contributed by atoms with Gasteiger partial charge in [-0.3, -0.25) is 9.59 Å². The number of alkyl carbamates (subject to hydrolysis) is 2. The second-order valence-corrected chi connectivity index (χ2v) is 9.36. The number of nitrogens with one attached hydrogen (secondary N) is 4. The van der Waals surface area contributed by atoms with Gasteiger partial charge in [0.05, 0.1) is 26.6 Å². The summed E-state index contributed by atoms with van der Waals surface area (Å²) in [7, 11) is 0. The van der Waals surface area contributed by atoms with Gasteiger partial charge in [0.2, 0.25) is 11.8 Å². The lowest BCUT2D eigenvalue weighted by Gasteiger charge is -2.18. The van der Waals surface area contributed by atoms with E-state index in [4.69, 9.17) is 9.47 Å². The molecule has 0 aliphatic heterocycles. The van der Waals surface area contributed by atoms with E-state index in [0.29, 0.717) is 48.7 Å². The third-order valence-corrected chi connectivity index (χ3v) is 7.05. The molecule has 0 aromatic rings. The first-order chi connectivity index (χ1) is 16.0. The molecule has 4 aliphatic rings. The first-order valence-corrected chi connectivity index (χ1v) is 11.7. The minimum atomic E-state index is -0.601. The Kier molecular flexibility index (Phi) is 7.51. The maximum atomic E-state index is 11.8. The van der Waals surface area contributed by atoms with Gasteiger partial charge < -0.3 is 30.7 Å². The Balaban J connectivity index is 0.986. The van der Waals surface area contributed by atoms with Crippen LogP contribution in [-0.2, 0) is 19.1 Å². The molecule has 6 unspecified atom stereocenters. The fourth-order valence-corrected chi connectivity index (χ4v) is 5.34. The monoisotopic (exact) mass is 460 g/mol. The SMILES string of the molecule is O=C(CC(=O)NCNC(=O)OCC1CC2C=CC1C2)NCNC(=O)OCC1CC2C=CC1C2.